The van der Waals surface area contributed by atoms with Crippen molar-refractivity contribution < 1.29 is 14.3 Å². The summed E-state index contributed by atoms with van der Waals surface area (Å²) in [5, 5.41) is 2.73. The number of nitrogens with zero attached hydrogens (tertiary/aromatic N) is 2. The van der Waals surface area contributed by atoms with Crippen molar-refractivity contribution in [3.05, 3.63) is 35.4 Å². The number of aryl methyl sites for hydroxylation is 1. The van der Waals surface area contributed by atoms with Crippen molar-refractivity contribution in [3.63, 3.8) is 0 Å². The number of hydrogen-bond donors (Lipinski definition) is 1. The fourth-order valence-electron chi connectivity index (χ4n) is 2.36. The third kappa shape index (κ3) is 4.46. The van der Waals surface area contributed by atoms with Gasteiger partial charge in [-0.05, 0) is 12.5 Å². The van der Waals surface area contributed by atoms with Gasteiger partial charge in [0, 0.05) is 33.3 Å². The van der Waals surface area contributed by atoms with E-state index in [2.05, 4.69) is 5.32 Å². The molecule has 3 amide bonds. The number of hydrogen-bond acceptors (Lipinski definition) is 3. The van der Waals surface area contributed by atoms with E-state index in [1.54, 1.807) is 16.9 Å². The summed E-state index contributed by atoms with van der Waals surface area (Å²) in [6, 6.07) is 8.06. The van der Waals surface area contributed by atoms with E-state index in [1.807, 2.05) is 31.2 Å². The van der Waals surface area contributed by atoms with E-state index < -0.39 is 0 Å². The third-order valence-electron chi connectivity index (χ3n) is 3.64. The molecule has 1 aromatic carbocycles. The number of rotatable bonds is 7. The van der Waals surface area contributed by atoms with Gasteiger partial charge in [-0.15, -0.1) is 0 Å². The van der Waals surface area contributed by atoms with Crippen LogP contribution in [-0.2, 0) is 16.1 Å². The smallest absolute Gasteiger partial charge is 0.320 e. The number of urea groups is 1. The first-order valence-corrected chi connectivity index (χ1v) is 7.45. The molecule has 0 saturated carbocycles. The van der Waals surface area contributed by atoms with Crippen LogP contribution in [0.5, 0.6) is 0 Å². The van der Waals surface area contributed by atoms with E-state index in [9.17, 15) is 9.59 Å². The molecule has 0 unspecified atom stereocenters. The van der Waals surface area contributed by atoms with Crippen molar-refractivity contribution in [1.29, 1.82) is 0 Å². The molecule has 22 heavy (non-hydrogen) atoms. The number of carbonyl (C=O) groups is 2. The van der Waals surface area contributed by atoms with Gasteiger partial charge in [-0.25, -0.2) is 4.79 Å². The molecule has 1 saturated heterocycles. The topological polar surface area (TPSA) is 61.9 Å². The van der Waals surface area contributed by atoms with Crippen LogP contribution >= 0.6 is 0 Å². The molecule has 0 aliphatic carbocycles. The van der Waals surface area contributed by atoms with Gasteiger partial charge in [0.25, 0.3) is 0 Å². The van der Waals surface area contributed by atoms with E-state index in [1.165, 1.54) is 5.56 Å². The zero-order valence-electron chi connectivity index (χ0n) is 13.2. The van der Waals surface area contributed by atoms with Crippen LogP contribution in [0.4, 0.5) is 4.79 Å². The monoisotopic (exact) mass is 305 g/mol. The summed E-state index contributed by atoms with van der Waals surface area (Å²) in [7, 11) is 1.58. The number of ether oxygens (including phenoxy) is 1. The molecular formula is C16H23N3O3. The Morgan fingerprint density at radius 2 is 1.91 bits per heavy atom. The lowest BCUT2D eigenvalue weighted by Crippen LogP contribution is -2.40. The number of amides is 3. The number of nitrogens with one attached hydrogen (secondary N) is 1. The van der Waals surface area contributed by atoms with Crippen molar-refractivity contribution in [3.8, 4) is 0 Å². The normalized spacial score (nSPS) is 14.5. The molecule has 1 N–H and O–H groups in total. The summed E-state index contributed by atoms with van der Waals surface area (Å²) in [6.07, 6.45) is 0. The Hall–Kier alpha value is -2.08. The minimum Gasteiger partial charge on any atom is -0.383 e. The van der Waals surface area contributed by atoms with Gasteiger partial charge in [0.15, 0.2) is 0 Å². The molecule has 1 heterocycles. The Bertz CT molecular complexity index is 516. The molecule has 0 aromatic heterocycles. The molecule has 2 rings (SSSR count). The average Bonchev–Trinajstić information content (AvgIpc) is 2.83. The van der Waals surface area contributed by atoms with E-state index >= 15 is 0 Å². The van der Waals surface area contributed by atoms with Crippen molar-refractivity contribution in [2.45, 2.75) is 13.5 Å². The first-order chi connectivity index (χ1) is 10.6. The molecule has 120 valence electrons. The van der Waals surface area contributed by atoms with Gasteiger partial charge in [-0.3, -0.25) is 4.79 Å². The van der Waals surface area contributed by atoms with Crippen molar-refractivity contribution in [2.75, 3.05) is 39.9 Å². The maximum atomic E-state index is 12.3. The SMILES string of the molecule is COCCNC(=O)CN1CCN(Cc2ccc(C)cc2)C1=O. The quantitative estimate of drug-likeness (QED) is 0.764. The predicted octanol–water partition coefficient (Wildman–Crippen LogP) is 0.995. The Kier molecular flexibility index (Phi) is 5.77. The Morgan fingerprint density at radius 1 is 1.23 bits per heavy atom. The van der Waals surface area contributed by atoms with Gasteiger partial charge in [0.1, 0.15) is 6.54 Å². The molecule has 6 nitrogen and oxygen atoms in total. The molecular weight excluding hydrogens is 282 g/mol. The van der Waals surface area contributed by atoms with Gasteiger partial charge >= 0.3 is 6.03 Å². The van der Waals surface area contributed by atoms with Crippen LogP contribution in [0, 0.1) is 6.92 Å². The zero-order valence-corrected chi connectivity index (χ0v) is 13.2. The largest absolute Gasteiger partial charge is 0.383 e. The second-order valence-electron chi connectivity index (χ2n) is 5.45. The summed E-state index contributed by atoms with van der Waals surface area (Å²) in [6.45, 7) is 4.90. The minimum atomic E-state index is -0.150. The van der Waals surface area contributed by atoms with Crippen LogP contribution in [-0.4, -0.2) is 61.6 Å². The lowest BCUT2D eigenvalue weighted by Gasteiger charge is -2.18. The van der Waals surface area contributed by atoms with E-state index in [0.29, 0.717) is 32.8 Å². The lowest BCUT2D eigenvalue weighted by molar-refractivity contribution is -0.121. The maximum Gasteiger partial charge on any atom is 0.320 e. The highest BCUT2D eigenvalue weighted by Gasteiger charge is 2.29. The molecule has 1 aliphatic rings. The Balaban J connectivity index is 1.81. The van der Waals surface area contributed by atoms with E-state index in [-0.39, 0.29) is 18.5 Å². The summed E-state index contributed by atoms with van der Waals surface area (Å²) >= 11 is 0. The molecule has 6 heteroatoms. The highest BCUT2D eigenvalue weighted by atomic mass is 16.5. The second kappa shape index (κ2) is 7.79. The first-order valence-electron chi connectivity index (χ1n) is 7.45. The van der Waals surface area contributed by atoms with E-state index in [0.717, 1.165) is 5.56 Å². The van der Waals surface area contributed by atoms with Crippen LogP contribution in [0.25, 0.3) is 0 Å². The van der Waals surface area contributed by atoms with Crippen molar-refractivity contribution in [1.82, 2.24) is 15.1 Å². The van der Waals surface area contributed by atoms with Crippen molar-refractivity contribution >= 4 is 11.9 Å². The first kappa shape index (κ1) is 16.3. The maximum absolute atomic E-state index is 12.3. The van der Waals surface area contributed by atoms with E-state index in [4.69, 9.17) is 4.74 Å². The number of benzene rings is 1. The average molecular weight is 305 g/mol. The van der Waals surface area contributed by atoms with Crippen LogP contribution in [0.15, 0.2) is 24.3 Å². The molecule has 1 aliphatic heterocycles. The van der Waals surface area contributed by atoms with Gasteiger partial charge < -0.3 is 19.9 Å². The molecule has 0 atom stereocenters. The van der Waals surface area contributed by atoms with Crippen LogP contribution in [0.1, 0.15) is 11.1 Å². The number of carbonyl (C=O) groups excluding carboxylic acids is 2. The molecule has 0 spiro atoms. The van der Waals surface area contributed by atoms with Crippen LogP contribution < -0.4 is 5.32 Å². The lowest BCUT2D eigenvalue weighted by atomic mass is 10.1. The minimum absolute atomic E-state index is 0.0810. The van der Waals surface area contributed by atoms with Crippen LogP contribution in [0.3, 0.4) is 0 Å². The summed E-state index contributed by atoms with van der Waals surface area (Å²) < 4.78 is 4.87. The van der Waals surface area contributed by atoms with Crippen LogP contribution in [0.2, 0.25) is 0 Å². The molecule has 0 radical (unpaired) electrons. The zero-order chi connectivity index (χ0) is 15.9. The summed E-state index contributed by atoms with van der Waals surface area (Å²) in [4.78, 5) is 27.4. The highest BCUT2D eigenvalue weighted by molar-refractivity contribution is 5.85. The molecule has 1 fully saturated rings. The summed E-state index contributed by atoms with van der Waals surface area (Å²) in [5.74, 6) is -0.150. The van der Waals surface area contributed by atoms with Crippen molar-refractivity contribution in [2.24, 2.45) is 0 Å². The fourth-order valence-corrected chi connectivity index (χ4v) is 2.36. The third-order valence-corrected chi connectivity index (χ3v) is 3.64. The second-order valence-corrected chi connectivity index (χ2v) is 5.45. The predicted molar refractivity (Wildman–Crippen MR) is 83.4 cm³/mol. The molecule has 0 bridgehead atoms. The fraction of sp³-hybridized carbons (Fsp3) is 0.500. The van der Waals surface area contributed by atoms with Gasteiger partial charge in [-0.1, -0.05) is 29.8 Å². The van der Waals surface area contributed by atoms with Gasteiger partial charge in [-0.2, -0.15) is 0 Å². The standard InChI is InChI=1S/C16H23N3O3/c1-13-3-5-14(6-4-13)11-18-8-9-19(16(18)21)12-15(20)17-7-10-22-2/h3-6H,7-12H2,1-2H3,(H,17,20). The molecule has 1 aromatic rings. The highest BCUT2D eigenvalue weighted by Crippen LogP contribution is 2.13. The summed E-state index contributed by atoms with van der Waals surface area (Å²) in [5.41, 5.74) is 2.30. The number of methoxy groups -OCH3 is 1. The van der Waals surface area contributed by atoms with Gasteiger partial charge in [0.05, 0.1) is 6.61 Å². The van der Waals surface area contributed by atoms with Gasteiger partial charge in [0.2, 0.25) is 5.91 Å². The Labute approximate surface area is 131 Å². The Morgan fingerprint density at radius 3 is 2.59 bits per heavy atom.